The molecule has 0 nitrogen and oxygen atoms in total. The highest BCUT2D eigenvalue weighted by molar-refractivity contribution is 8.23. The van der Waals surface area contributed by atoms with Gasteiger partial charge in [0.2, 0.25) is 0 Å². The van der Waals surface area contributed by atoms with E-state index in [-0.39, 0.29) is 0 Å². The van der Waals surface area contributed by atoms with Crippen molar-refractivity contribution in [2.24, 2.45) is 0 Å². The van der Waals surface area contributed by atoms with Crippen molar-refractivity contribution in [3.8, 4) is 0 Å². The minimum atomic E-state index is 0.923. The molecule has 0 N–H and O–H groups in total. The minimum Gasteiger partial charge on any atom is -0.117 e. The van der Waals surface area contributed by atoms with Crippen LogP contribution in [0.2, 0.25) is 0 Å². The van der Waals surface area contributed by atoms with Crippen LogP contribution in [-0.2, 0) is 0 Å². The van der Waals surface area contributed by atoms with E-state index < -0.39 is 0 Å². The van der Waals surface area contributed by atoms with Gasteiger partial charge in [-0.15, -0.1) is 23.5 Å². The van der Waals surface area contributed by atoms with Gasteiger partial charge < -0.3 is 0 Å². The molecular formula is C10H10S4. The molecular weight excluding hydrogens is 248 g/mol. The number of hydrogen-bond acceptors (Lipinski definition) is 4. The van der Waals surface area contributed by atoms with E-state index in [9.17, 15) is 0 Å². The van der Waals surface area contributed by atoms with Gasteiger partial charge in [0, 0.05) is 0 Å². The molecule has 0 spiro atoms. The fourth-order valence-corrected chi connectivity index (χ4v) is 1.99. The zero-order valence-corrected chi connectivity index (χ0v) is 11.2. The Bertz CT molecular complexity index is 305. The highest BCUT2D eigenvalue weighted by Gasteiger charge is 2.01. The smallest absolute Gasteiger partial charge is 0.0775 e. The van der Waals surface area contributed by atoms with E-state index in [1.807, 2.05) is 36.8 Å². The van der Waals surface area contributed by atoms with E-state index in [1.54, 1.807) is 23.5 Å². The van der Waals surface area contributed by atoms with Crippen LogP contribution in [0.1, 0.15) is 11.1 Å². The van der Waals surface area contributed by atoms with Crippen molar-refractivity contribution in [2.45, 2.75) is 0 Å². The number of benzene rings is 1. The average molecular weight is 258 g/mol. The van der Waals surface area contributed by atoms with Gasteiger partial charge >= 0.3 is 0 Å². The molecule has 0 amide bonds. The fourth-order valence-electron chi connectivity index (χ4n) is 0.978. The topological polar surface area (TPSA) is 0 Å². The molecule has 1 rings (SSSR count). The van der Waals surface area contributed by atoms with Crippen molar-refractivity contribution in [2.75, 3.05) is 12.5 Å². The van der Waals surface area contributed by atoms with Crippen molar-refractivity contribution >= 4 is 56.4 Å². The van der Waals surface area contributed by atoms with Gasteiger partial charge in [-0.25, -0.2) is 0 Å². The van der Waals surface area contributed by atoms with Gasteiger partial charge in [0.25, 0.3) is 0 Å². The van der Waals surface area contributed by atoms with Crippen LogP contribution in [0.5, 0.6) is 0 Å². The molecule has 0 fully saturated rings. The van der Waals surface area contributed by atoms with Crippen LogP contribution in [0.15, 0.2) is 24.3 Å². The molecule has 1 aromatic rings. The summed E-state index contributed by atoms with van der Waals surface area (Å²) in [4.78, 5) is 0. The molecule has 0 saturated carbocycles. The first-order valence-electron chi connectivity index (χ1n) is 3.95. The molecule has 0 heterocycles. The molecule has 0 aliphatic heterocycles. The van der Waals surface area contributed by atoms with Crippen LogP contribution < -0.4 is 0 Å². The van der Waals surface area contributed by atoms with Crippen LogP contribution in [0.25, 0.3) is 0 Å². The summed E-state index contributed by atoms with van der Waals surface area (Å²) in [6, 6.07) is 8.10. The third-order valence-corrected chi connectivity index (χ3v) is 4.41. The summed E-state index contributed by atoms with van der Waals surface area (Å²) >= 11 is 13.6. The lowest BCUT2D eigenvalue weighted by Crippen LogP contribution is -1.94. The molecule has 74 valence electrons. The third-order valence-electron chi connectivity index (χ3n) is 1.73. The van der Waals surface area contributed by atoms with E-state index in [4.69, 9.17) is 24.4 Å². The summed E-state index contributed by atoms with van der Waals surface area (Å²) < 4.78 is 1.85. The normalized spacial score (nSPS) is 9.86. The first kappa shape index (κ1) is 12.2. The van der Waals surface area contributed by atoms with Gasteiger partial charge in [-0.05, 0) is 23.6 Å². The highest BCUT2D eigenvalue weighted by Crippen LogP contribution is 2.15. The Morgan fingerprint density at radius 1 is 0.857 bits per heavy atom. The van der Waals surface area contributed by atoms with Gasteiger partial charge in [0.15, 0.2) is 0 Å². The molecule has 0 aliphatic rings. The lowest BCUT2D eigenvalue weighted by atomic mass is 10.2. The number of thiocarbonyl (C=S) groups is 2. The van der Waals surface area contributed by atoms with Gasteiger partial charge in [-0.2, -0.15) is 0 Å². The van der Waals surface area contributed by atoms with Crippen LogP contribution in [0.3, 0.4) is 0 Å². The maximum Gasteiger partial charge on any atom is 0.0775 e. The summed E-state index contributed by atoms with van der Waals surface area (Å²) in [7, 11) is 0. The average Bonchev–Trinajstić information content (AvgIpc) is 2.27. The molecule has 4 heteroatoms. The largest absolute Gasteiger partial charge is 0.117 e. The van der Waals surface area contributed by atoms with E-state index in [0.29, 0.717) is 0 Å². The first-order chi connectivity index (χ1) is 6.69. The fraction of sp³-hybridized carbons (Fsp3) is 0.200. The summed E-state index contributed by atoms with van der Waals surface area (Å²) in [5.41, 5.74) is 2.19. The maximum absolute atomic E-state index is 5.18. The quantitative estimate of drug-likeness (QED) is 0.740. The van der Waals surface area contributed by atoms with Crippen molar-refractivity contribution in [3.05, 3.63) is 35.4 Å². The second-order valence-corrected chi connectivity index (χ2v) is 5.53. The van der Waals surface area contributed by atoms with Crippen molar-refractivity contribution < 1.29 is 0 Å². The van der Waals surface area contributed by atoms with Gasteiger partial charge in [0.1, 0.15) is 0 Å². The van der Waals surface area contributed by atoms with Gasteiger partial charge in [0.05, 0.1) is 8.39 Å². The Morgan fingerprint density at radius 3 is 1.36 bits per heavy atom. The Labute approximate surface area is 104 Å². The Morgan fingerprint density at radius 2 is 1.14 bits per heavy atom. The first-order valence-corrected chi connectivity index (χ1v) is 7.22. The molecule has 0 saturated heterocycles. The second kappa shape index (κ2) is 5.85. The van der Waals surface area contributed by atoms with Crippen molar-refractivity contribution in [1.29, 1.82) is 0 Å². The van der Waals surface area contributed by atoms with Gasteiger partial charge in [-0.1, -0.05) is 48.7 Å². The molecule has 0 aliphatic carbocycles. The Balaban J connectivity index is 2.89. The third kappa shape index (κ3) is 3.05. The number of hydrogen-bond donors (Lipinski definition) is 0. The SMILES string of the molecule is CSC(=S)c1ccc(C(=S)SC)cc1. The van der Waals surface area contributed by atoms with Crippen LogP contribution in [0, 0.1) is 0 Å². The lowest BCUT2D eigenvalue weighted by Gasteiger charge is -2.03. The standard InChI is InChI=1S/C10H10S4/c1-13-9(11)7-3-5-8(6-4-7)10(12)14-2/h3-6H,1-2H3. The predicted molar refractivity (Wildman–Crippen MR) is 76.9 cm³/mol. The molecule has 0 bridgehead atoms. The molecule has 0 radical (unpaired) electrons. The molecule has 0 atom stereocenters. The summed E-state index contributed by atoms with van der Waals surface area (Å²) in [6.45, 7) is 0. The molecule has 0 aromatic heterocycles. The van der Waals surface area contributed by atoms with Gasteiger partial charge in [-0.3, -0.25) is 0 Å². The summed E-state index contributed by atoms with van der Waals surface area (Å²) in [5.74, 6) is 0. The van der Waals surface area contributed by atoms with E-state index in [0.717, 1.165) is 19.5 Å². The van der Waals surface area contributed by atoms with Crippen molar-refractivity contribution in [1.82, 2.24) is 0 Å². The molecule has 0 unspecified atom stereocenters. The molecule has 1 aromatic carbocycles. The van der Waals surface area contributed by atoms with Crippen LogP contribution >= 0.6 is 48.0 Å². The lowest BCUT2D eigenvalue weighted by molar-refractivity contribution is 1.66. The van der Waals surface area contributed by atoms with Crippen LogP contribution in [-0.4, -0.2) is 20.9 Å². The summed E-state index contributed by atoms with van der Waals surface area (Å²) in [5, 5.41) is 0. The highest BCUT2D eigenvalue weighted by atomic mass is 32.2. The maximum atomic E-state index is 5.18. The zero-order chi connectivity index (χ0) is 10.6. The zero-order valence-electron chi connectivity index (χ0n) is 7.94. The predicted octanol–water partition coefficient (Wildman–Crippen LogP) is 3.76. The van der Waals surface area contributed by atoms with E-state index in [1.165, 1.54) is 0 Å². The van der Waals surface area contributed by atoms with Crippen LogP contribution in [0.4, 0.5) is 0 Å². The Hall–Kier alpha value is 0.1000. The van der Waals surface area contributed by atoms with Crippen molar-refractivity contribution in [3.63, 3.8) is 0 Å². The Kier molecular flexibility index (Phi) is 5.09. The minimum absolute atomic E-state index is 0.923. The second-order valence-electron chi connectivity index (χ2n) is 2.56. The van der Waals surface area contributed by atoms with E-state index >= 15 is 0 Å². The summed E-state index contributed by atoms with van der Waals surface area (Å²) in [6.07, 6.45) is 3.98. The number of thioether (sulfide) groups is 2. The molecule has 14 heavy (non-hydrogen) atoms. The number of rotatable bonds is 2. The van der Waals surface area contributed by atoms with E-state index in [2.05, 4.69) is 0 Å². The monoisotopic (exact) mass is 258 g/mol.